The van der Waals surface area contributed by atoms with Crippen molar-refractivity contribution < 1.29 is 69.0 Å². The molecule has 31 heavy (non-hydrogen) atoms. The van der Waals surface area contributed by atoms with Gasteiger partial charge >= 0.3 is 11.9 Å². The molecule has 0 aromatic heterocycles. The fourth-order valence-electron chi connectivity index (χ4n) is 3.17. The molecule has 9 unspecified atom stereocenters. The van der Waals surface area contributed by atoms with Gasteiger partial charge in [-0.1, -0.05) is 0 Å². The third kappa shape index (κ3) is 5.67. The Balaban J connectivity index is 2.02. The van der Waals surface area contributed by atoms with E-state index in [1.807, 2.05) is 0 Å². The van der Waals surface area contributed by atoms with Gasteiger partial charge in [-0.25, -0.2) is 0 Å². The third-order valence-electron chi connectivity index (χ3n) is 5.06. The van der Waals surface area contributed by atoms with Gasteiger partial charge in [-0.15, -0.1) is 0 Å². The van der Waals surface area contributed by atoms with Gasteiger partial charge in [-0.3, -0.25) is 9.59 Å². The summed E-state index contributed by atoms with van der Waals surface area (Å²) in [6.45, 7) is -2.36. The van der Waals surface area contributed by atoms with Crippen molar-refractivity contribution in [2.24, 2.45) is 0 Å². The van der Waals surface area contributed by atoms with Crippen LogP contribution in [-0.2, 0) is 33.3 Å². The summed E-state index contributed by atoms with van der Waals surface area (Å²) in [5.74, 6) is -3.79. The van der Waals surface area contributed by atoms with E-state index in [-0.39, 0.29) is 12.8 Å². The molecular weight excluding hydrogens is 428 g/mol. The number of aliphatic hydroxyl groups excluding tert-OH is 7. The van der Waals surface area contributed by atoms with Gasteiger partial charge in [-0.2, -0.15) is 0 Å². The molecule has 2 aliphatic heterocycles. The number of esters is 2. The smallest absolute Gasteiger partial charge is 0.306 e. The lowest BCUT2D eigenvalue weighted by Gasteiger charge is -2.43. The molecular formula is C17H28O14. The summed E-state index contributed by atoms with van der Waals surface area (Å²) < 4.78 is 25.1. The molecule has 2 aliphatic rings. The Hall–Kier alpha value is -1.46. The summed E-state index contributed by atoms with van der Waals surface area (Å²) in [5.41, 5.74) is 0. The second-order valence-electron chi connectivity index (χ2n) is 7.14. The number of ether oxygens (including phenoxy) is 5. The summed E-state index contributed by atoms with van der Waals surface area (Å²) in [6.07, 6.45) is -13.9. The van der Waals surface area contributed by atoms with Gasteiger partial charge in [-0.05, 0) is 0 Å². The van der Waals surface area contributed by atoms with Crippen LogP contribution in [-0.4, -0.2) is 129 Å². The number of hydrogen-bond donors (Lipinski definition) is 7. The molecule has 0 aromatic carbocycles. The summed E-state index contributed by atoms with van der Waals surface area (Å²) in [6, 6.07) is 0. The molecule has 2 fully saturated rings. The second kappa shape index (κ2) is 10.9. The van der Waals surface area contributed by atoms with Crippen LogP contribution < -0.4 is 0 Å². The summed E-state index contributed by atoms with van der Waals surface area (Å²) >= 11 is 0. The first-order valence-corrected chi connectivity index (χ1v) is 9.45. The Kier molecular flexibility index (Phi) is 9.08. The van der Waals surface area contributed by atoms with Crippen LogP contribution >= 0.6 is 0 Å². The molecule has 0 amide bonds. The Bertz CT molecular complexity index is 614. The van der Waals surface area contributed by atoms with E-state index < -0.39 is 86.6 Å². The van der Waals surface area contributed by atoms with Crippen LogP contribution in [0.25, 0.3) is 0 Å². The molecule has 0 aliphatic carbocycles. The normalized spacial score (nSPS) is 40.5. The number of methoxy groups -OCH3 is 1. The van der Waals surface area contributed by atoms with Crippen molar-refractivity contribution in [3.05, 3.63) is 0 Å². The van der Waals surface area contributed by atoms with Crippen molar-refractivity contribution in [3.63, 3.8) is 0 Å². The van der Waals surface area contributed by atoms with Gasteiger partial charge < -0.3 is 59.4 Å². The molecule has 2 saturated heterocycles. The lowest BCUT2D eigenvalue weighted by atomic mass is 9.99. The number of rotatable bonds is 9. The van der Waals surface area contributed by atoms with Crippen LogP contribution in [0, 0.1) is 0 Å². The molecule has 9 atom stereocenters. The highest BCUT2D eigenvalue weighted by atomic mass is 16.8. The van der Waals surface area contributed by atoms with Crippen molar-refractivity contribution in [3.8, 4) is 0 Å². The van der Waals surface area contributed by atoms with E-state index in [0.29, 0.717) is 0 Å². The first-order chi connectivity index (χ1) is 14.6. The minimum absolute atomic E-state index is 0.229. The zero-order valence-corrected chi connectivity index (χ0v) is 16.6. The highest BCUT2D eigenvalue weighted by Gasteiger charge is 2.58. The van der Waals surface area contributed by atoms with E-state index in [1.54, 1.807) is 0 Å². The molecule has 2 rings (SSSR count). The first-order valence-electron chi connectivity index (χ1n) is 9.45. The van der Waals surface area contributed by atoms with Gasteiger partial charge in [0.2, 0.25) is 5.79 Å². The van der Waals surface area contributed by atoms with E-state index >= 15 is 0 Å². The molecule has 0 aromatic rings. The summed E-state index contributed by atoms with van der Waals surface area (Å²) in [4.78, 5) is 22.7. The first kappa shape index (κ1) is 25.8. The average molecular weight is 456 g/mol. The van der Waals surface area contributed by atoms with Crippen LogP contribution in [0.5, 0.6) is 0 Å². The minimum Gasteiger partial charge on any atom is -0.469 e. The minimum atomic E-state index is -2.35. The molecule has 0 saturated carbocycles. The lowest BCUT2D eigenvalue weighted by Crippen LogP contribution is -2.62. The predicted octanol–water partition coefficient (Wildman–Crippen LogP) is -4.89. The maximum atomic E-state index is 11.7. The van der Waals surface area contributed by atoms with E-state index in [4.69, 9.17) is 18.9 Å². The van der Waals surface area contributed by atoms with Crippen LogP contribution in [0.2, 0.25) is 0 Å². The lowest BCUT2D eigenvalue weighted by molar-refractivity contribution is -0.383. The average Bonchev–Trinajstić information content (AvgIpc) is 3.01. The van der Waals surface area contributed by atoms with Crippen LogP contribution in [0.15, 0.2) is 0 Å². The standard InChI is InChI=1S/C17H28O14/c1-27-9(20)2-3-10(21)28-5-8-12(23)15(26)17(6-19,30-8)31-16-14(25)13(24)11(22)7(4-18)29-16/h7-8,11-16,18-19,22-26H,2-6H2,1H3. The molecule has 0 spiro atoms. The third-order valence-corrected chi connectivity index (χ3v) is 5.06. The maximum Gasteiger partial charge on any atom is 0.306 e. The summed E-state index contributed by atoms with van der Waals surface area (Å²) in [7, 11) is 1.15. The highest BCUT2D eigenvalue weighted by Crippen LogP contribution is 2.36. The van der Waals surface area contributed by atoms with Crippen LogP contribution in [0.1, 0.15) is 12.8 Å². The molecule has 14 heteroatoms. The van der Waals surface area contributed by atoms with Crippen LogP contribution in [0.4, 0.5) is 0 Å². The quantitative estimate of drug-likeness (QED) is 0.162. The Morgan fingerprint density at radius 1 is 0.903 bits per heavy atom. The highest BCUT2D eigenvalue weighted by molar-refractivity contribution is 5.77. The van der Waals surface area contributed by atoms with E-state index in [9.17, 15) is 45.3 Å². The molecule has 0 bridgehead atoms. The van der Waals surface area contributed by atoms with E-state index in [0.717, 1.165) is 7.11 Å². The van der Waals surface area contributed by atoms with Crippen molar-refractivity contribution in [2.75, 3.05) is 26.9 Å². The maximum absolute atomic E-state index is 11.7. The molecule has 14 nitrogen and oxygen atoms in total. The van der Waals surface area contributed by atoms with Gasteiger partial charge in [0, 0.05) is 0 Å². The fourth-order valence-corrected chi connectivity index (χ4v) is 3.17. The van der Waals surface area contributed by atoms with Gasteiger partial charge in [0.15, 0.2) is 6.29 Å². The SMILES string of the molecule is COC(=O)CCC(=O)OCC1OC(CO)(OC2OC(CO)C(O)C(O)C2O)C(O)C1O. The number of hydrogen-bond acceptors (Lipinski definition) is 14. The van der Waals surface area contributed by atoms with Crippen molar-refractivity contribution in [1.29, 1.82) is 0 Å². The Morgan fingerprint density at radius 3 is 2.13 bits per heavy atom. The molecule has 7 N–H and O–H groups in total. The Morgan fingerprint density at radius 2 is 1.55 bits per heavy atom. The van der Waals surface area contributed by atoms with Gasteiger partial charge in [0.1, 0.15) is 55.9 Å². The molecule has 180 valence electrons. The predicted molar refractivity (Wildman–Crippen MR) is 93.8 cm³/mol. The van der Waals surface area contributed by atoms with Crippen molar-refractivity contribution in [1.82, 2.24) is 0 Å². The zero-order valence-electron chi connectivity index (χ0n) is 16.6. The van der Waals surface area contributed by atoms with E-state index in [1.165, 1.54) is 0 Å². The fraction of sp³-hybridized carbons (Fsp3) is 0.882. The topological polar surface area (TPSA) is 222 Å². The monoisotopic (exact) mass is 456 g/mol. The Labute approximate surface area is 176 Å². The van der Waals surface area contributed by atoms with Crippen LogP contribution in [0.3, 0.4) is 0 Å². The van der Waals surface area contributed by atoms with E-state index in [2.05, 4.69) is 4.74 Å². The van der Waals surface area contributed by atoms with Gasteiger partial charge in [0.25, 0.3) is 0 Å². The van der Waals surface area contributed by atoms with Crippen molar-refractivity contribution in [2.45, 2.75) is 67.6 Å². The number of carbonyl (C=O) groups excluding carboxylic acids is 2. The number of aliphatic hydroxyl groups is 7. The second-order valence-corrected chi connectivity index (χ2v) is 7.14. The zero-order chi connectivity index (χ0) is 23.3. The van der Waals surface area contributed by atoms with Crippen molar-refractivity contribution >= 4 is 11.9 Å². The molecule has 2 heterocycles. The number of carbonyl (C=O) groups is 2. The summed E-state index contributed by atoms with van der Waals surface area (Å²) in [5, 5.41) is 69.3. The van der Waals surface area contributed by atoms with Gasteiger partial charge in [0.05, 0.1) is 26.6 Å². The largest absolute Gasteiger partial charge is 0.469 e. The molecule has 0 radical (unpaired) electrons.